The van der Waals surface area contributed by atoms with Crippen LogP contribution in [0.1, 0.15) is 22.8 Å². The van der Waals surface area contributed by atoms with E-state index in [9.17, 15) is 13.6 Å². The van der Waals surface area contributed by atoms with E-state index >= 15 is 0 Å². The van der Waals surface area contributed by atoms with Crippen molar-refractivity contribution in [1.29, 1.82) is 0 Å². The number of hydrogen-bond acceptors (Lipinski definition) is 3. The summed E-state index contributed by atoms with van der Waals surface area (Å²) in [5.41, 5.74) is 1.37. The number of hydrogen-bond donors (Lipinski definition) is 1. The minimum atomic E-state index is -0.826. The fraction of sp³-hybridized carbons (Fsp3) is 0.143. The Morgan fingerprint density at radius 2 is 1.85 bits per heavy atom. The highest BCUT2D eigenvalue weighted by molar-refractivity contribution is 6.04. The lowest BCUT2D eigenvalue weighted by Gasteiger charge is -2.22. The van der Waals surface area contributed by atoms with E-state index in [2.05, 4.69) is 15.2 Å². The maximum atomic E-state index is 13.7. The van der Waals surface area contributed by atoms with Gasteiger partial charge in [-0.3, -0.25) is 4.79 Å². The van der Waals surface area contributed by atoms with Gasteiger partial charge < -0.3 is 10.2 Å². The Hall–Kier alpha value is -3.28. The molecule has 3 rings (SSSR count). The van der Waals surface area contributed by atoms with Crippen LogP contribution in [0, 0.1) is 11.6 Å². The monoisotopic (exact) mass is 367 g/mol. The fourth-order valence-corrected chi connectivity index (χ4v) is 2.65. The zero-order valence-electron chi connectivity index (χ0n) is 14.8. The number of nitrogens with one attached hydrogen (secondary N) is 1. The molecule has 3 aromatic rings. The molecular formula is C21H19F2N3O. The molecule has 0 aliphatic rings. The topological polar surface area (TPSA) is 45.2 Å². The van der Waals surface area contributed by atoms with Crippen LogP contribution >= 0.6 is 0 Å². The summed E-state index contributed by atoms with van der Waals surface area (Å²) in [6.45, 7) is 3.49. The molecule has 6 heteroatoms. The lowest BCUT2D eigenvalue weighted by Crippen LogP contribution is -2.23. The molecule has 1 N–H and O–H groups in total. The van der Waals surface area contributed by atoms with Crippen molar-refractivity contribution < 1.29 is 13.6 Å². The fourth-order valence-electron chi connectivity index (χ4n) is 2.65. The number of carbonyl (C=O) groups excluding carboxylic acids is 1. The Morgan fingerprint density at radius 1 is 1.07 bits per heavy atom. The molecule has 0 fully saturated rings. The summed E-state index contributed by atoms with van der Waals surface area (Å²) in [5.74, 6) is -1.29. The second-order valence-corrected chi connectivity index (χ2v) is 5.98. The first-order valence-electron chi connectivity index (χ1n) is 8.58. The molecule has 1 heterocycles. The van der Waals surface area contributed by atoms with Gasteiger partial charge in [0.05, 0.1) is 11.3 Å². The summed E-state index contributed by atoms with van der Waals surface area (Å²) in [6, 6.07) is 16.4. The molecule has 27 heavy (non-hydrogen) atoms. The first-order chi connectivity index (χ1) is 13.1. The number of carbonyl (C=O) groups is 1. The first kappa shape index (κ1) is 18.5. The van der Waals surface area contributed by atoms with E-state index in [-0.39, 0.29) is 5.69 Å². The Labute approximate surface area is 156 Å². The normalized spacial score (nSPS) is 10.5. The number of rotatable bonds is 6. The molecule has 1 amide bonds. The Balaban J connectivity index is 1.70. The van der Waals surface area contributed by atoms with Gasteiger partial charge >= 0.3 is 0 Å². The van der Waals surface area contributed by atoms with Gasteiger partial charge in [-0.15, -0.1) is 0 Å². The lowest BCUT2D eigenvalue weighted by atomic mass is 10.2. The predicted molar refractivity (Wildman–Crippen MR) is 102 cm³/mol. The highest BCUT2D eigenvalue weighted by Crippen LogP contribution is 2.18. The third-order valence-electron chi connectivity index (χ3n) is 4.11. The summed E-state index contributed by atoms with van der Waals surface area (Å²) < 4.78 is 26.6. The summed E-state index contributed by atoms with van der Waals surface area (Å²) in [4.78, 5) is 18.7. The predicted octanol–water partition coefficient (Wildman–Crippen LogP) is 4.64. The Bertz CT molecular complexity index is 914. The minimum absolute atomic E-state index is 0.0789. The molecule has 0 aliphatic carbocycles. The third-order valence-corrected chi connectivity index (χ3v) is 4.11. The van der Waals surface area contributed by atoms with E-state index in [1.165, 1.54) is 12.3 Å². The Morgan fingerprint density at radius 3 is 2.48 bits per heavy atom. The molecule has 0 saturated heterocycles. The van der Waals surface area contributed by atoms with Crippen molar-refractivity contribution in [2.24, 2.45) is 0 Å². The van der Waals surface area contributed by atoms with Crippen molar-refractivity contribution >= 4 is 17.4 Å². The van der Waals surface area contributed by atoms with Crippen molar-refractivity contribution in [3.63, 3.8) is 0 Å². The number of nitrogens with zero attached hydrogens (tertiary/aromatic N) is 2. The van der Waals surface area contributed by atoms with Gasteiger partial charge in [0.1, 0.15) is 17.5 Å². The summed E-state index contributed by atoms with van der Waals surface area (Å²) >= 11 is 0. The smallest absolute Gasteiger partial charge is 0.257 e. The quantitative estimate of drug-likeness (QED) is 0.690. The van der Waals surface area contributed by atoms with Crippen LogP contribution in [0.15, 0.2) is 66.9 Å². The largest absolute Gasteiger partial charge is 0.353 e. The van der Waals surface area contributed by atoms with Gasteiger partial charge in [0, 0.05) is 25.4 Å². The van der Waals surface area contributed by atoms with Gasteiger partial charge in [-0.25, -0.2) is 13.8 Å². The lowest BCUT2D eigenvalue weighted by molar-refractivity contribution is 0.102. The van der Waals surface area contributed by atoms with Gasteiger partial charge in [-0.1, -0.05) is 30.3 Å². The van der Waals surface area contributed by atoms with Crippen molar-refractivity contribution in [1.82, 2.24) is 4.98 Å². The van der Waals surface area contributed by atoms with Crippen molar-refractivity contribution in [3.05, 3.63) is 89.6 Å². The molecule has 0 bridgehead atoms. The number of aromatic nitrogens is 1. The molecule has 0 spiro atoms. The van der Waals surface area contributed by atoms with Crippen molar-refractivity contribution in [2.45, 2.75) is 13.5 Å². The maximum Gasteiger partial charge on any atom is 0.257 e. The minimum Gasteiger partial charge on any atom is -0.353 e. The highest BCUT2D eigenvalue weighted by atomic mass is 19.1. The van der Waals surface area contributed by atoms with Crippen LogP contribution in [-0.4, -0.2) is 17.4 Å². The summed E-state index contributed by atoms with van der Waals surface area (Å²) in [5, 5.41) is 2.42. The molecule has 0 atom stereocenters. The second-order valence-electron chi connectivity index (χ2n) is 5.98. The van der Waals surface area contributed by atoms with Crippen LogP contribution in [0.3, 0.4) is 0 Å². The van der Waals surface area contributed by atoms with Crippen molar-refractivity contribution in [2.75, 3.05) is 16.8 Å². The van der Waals surface area contributed by atoms with Crippen LogP contribution in [0.5, 0.6) is 0 Å². The van der Waals surface area contributed by atoms with E-state index in [1.807, 2.05) is 37.3 Å². The second kappa shape index (κ2) is 8.40. The average molecular weight is 367 g/mol. The standard InChI is InChI=1S/C21H19F2N3O/c1-2-26(14-15-6-4-3-5-7-15)20-11-8-16(13-24-20)21(27)25-19-10-9-17(22)12-18(19)23/h3-13H,2,14H2,1H3,(H,25,27). The molecule has 0 unspecified atom stereocenters. The van der Waals surface area contributed by atoms with Gasteiger partial charge in [-0.2, -0.15) is 0 Å². The van der Waals surface area contributed by atoms with Crippen LogP contribution < -0.4 is 10.2 Å². The molecular weight excluding hydrogens is 348 g/mol. The van der Waals surface area contributed by atoms with E-state index in [4.69, 9.17) is 0 Å². The van der Waals surface area contributed by atoms with E-state index in [0.29, 0.717) is 12.1 Å². The SMILES string of the molecule is CCN(Cc1ccccc1)c1ccc(C(=O)Nc2ccc(F)cc2F)cn1. The van der Waals surface area contributed by atoms with Crippen molar-refractivity contribution in [3.8, 4) is 0 Å². The maximum absolute atomic E-state index is 13.7. The van der Waals surface area contributed by atoms with Gasteiger partial charge in [0.25, 0.3) is 5.91 Å². The number of benzene rings is 2. The molecule has 138 valence electrons. The molecule has 2 aromatic carbocycles. The number of pyridine rings is 1. The highest BCUT2D eigenvalue weighted by Gasteiger charge is 2.12. The first-order valence-corrected chi connectivity index (χ1v) is 8.58. The average Bonchev–Trinajstić information content (AvgIpc) is 2.69. The molecule has 0 radical (unpaired) electrons. The van der Waals surface area contributed by atoms with E-state index in [1.54, 1.807) is 12.1 Å². The van der Waals surface area contributed by atoms with Gasteiger partial charge in [0.2, 0.25) is 0 Å². The van der Waals surface area contributed by atoms with Crippen LogP contribution in [0.2, 0.25) is 0 Å². The Kier molecular flexibility index (Phi) is 5.76. The zero-order chi connectivity index (χ0) is 19.2. The summed E-state index contributed by atoms with van der Waals surface area (Å²) in [7, 11) is 0. The number of halogens is 2. The zero-order valence-corrected chi connectivity index (χ0v) is 14.8. The van der Waals surface area contributed by atoms with Gasteiger partial charge in [-0.05, 0) is 36.8 Å². The molecule has 0 saturated carbocycles. The third kappa shape index (κ3) is 4.67. The molecule has 1 aromatic heterocycles. The molecule has 4 nitrogen and oxygen atoms in total. The van der Waals surface area contributed by atoms with Gasteiger partial charge in [0.15, 0.2) is 0 Å². The number of anilines is 2. The summed E-state index contributed by atoms with van der Waals surface area (Å²) in [6.07, 6.45) is 1.44. The number of amides is 1. The van der Waals surface area contributed by atoms with Crippen LogP contribution in [0.4, 0.5) is 20.3 Å². The van der Waals surface area contributed by atoms with E-state index < -0.39 is 17.5 Å². The van der Waals surface area contributed by atoms with E-state index in [0.717, 1.165) is 30.1 Å². The van der Waals surface area contributed by atoms with Crippen LogP contribution in [0.25, 0.3) is 0 Å². The van der Waals surface area contributed by atoms with Crippen LogP contribution in [-0.2, 0) is 6.54 Å². The molecule has 0 aliphatic heterocycles.